The molecule has 0 spiro atoms. The molecule has 0 radical (unpaired) electrons. The van der Waals surface area contributed by atoms with Gasteiger partial charge in [-0.1, -0.05) is 15.9 Å². The van der Waals surface area contributed by atoms with E-state index in [9.17, 15) is 4.79 Å². The van der Waals surface area contributed by atoms with Crippen molar-refractivity contribution in [2.45, 2.75) is 0 Å². The fourth-order valence-electron chi connectivity index (χ4n) is 1.53. The van der Waals surface area contributed by atoms with Gasteiger partial charge in [0.25, 0.3) is 5.91 Å². The average Bonchev–Trinajstić information content (AvgIpc) is 2.43. The van der Waals surface area contributed by atoms with Gasteiger partial charge in [-0.05, 0) is 24.3 Å². The zero-order valence-electron chi connectivity index (χ0n) is 10.7. The van der Waals surface area contributed by atoms with Crippen LogP contribution in [0, 0.1) is 0 Å². The van der Waals surface area contributed by atoms with Crippen molar-refractivity contribution in [1.29, 1.82) is 0 Å². The van der Waals surface area contributed by atoms with Crippen molar-refractivity contribution in [1.82, 2.24) is 4.90 Å². The minimum atomic E-state index is 0.00848. The van der Waals surface area contributed by atoms with Crippen LogP contribution in [0.15, 0.2) is 24.3 Å². The van der Waals surface area contributed by atoms with Crippen molar-refractivity contribution in [3.05, 3.63) is 29.8 Å². The summed E-state index contributed by atoms with van der Waals surface area (Å²) in [6, 6.07) is 7.12. The zero-order valence-corrected chi connectivity index (χ0v) is 12.3. The maximum absolute atomic E-state index is 12.2. The van der Waals surface area contributed by atoms with Gasteiger partial charge >= 0.3 is 0 Å². The van der Waals surface area contributed by atoms with Gasteiger partial charge in [0, 0.05) is 31.1 Å². The fourth-order valence-corrected chi connectivity index (χ4v) is 1.96. The van der Waals surface area contributed by atoms with E-state index in [0.717, 1.165) is 11.1 Å². The molecule has 0 aliphatic carbocycles. The Bertz CT molecular complexity index is 367. The van der Waals surface area contributed by atoms with Crippen LogP contribution in [0.4, 0.5) is 0 Å². The molecule has 1 rings (SSSR count). The second kappa shape index (κ2) is 8.11. The van der Waals surface area contributed by atoms with Crippen molar-refractivity contribution < 1.29 is 14.3 Å². The number of benzene rings is 1. The summed E-state index contributed by atoms with van der Waals surface area (Å²) in [5, 5.41) is 0.749. The van der Waals surface area contributed by atoms with Crippen LogP contribution in [-0.4, -0.2) is 50.1 Å². The number of carbonyl (C=O) groups excluding carboxylic acids is 1. The molecule has 0 aromatic heterocycles. The first-order chi connectivity index (χ1) is 8.72. The molecule has 0 aliphatic rings. The molecule has 5 heteroatoms. The van der Waals surface area contributed by atoms with E-state index in [1.807, 2.05) is 0 Å². The van der Waals surface area contributed by atoms with Gasteiger partial charge in [-0.15, -0.1) is 0 Å². The van der Waals surface area contributed by atoms with Crippen LogP contribution >= 0.6 is 15.9 Å². The number of alkyl halides is 1. The van der Waals surface area contributed by atoms with Gasteiger partial charge in [-0.3, -0.25) is 4.79 Å². The molecule has 0 aliphatic heterocycles. The summed E-state index contributed by atoms with van der Waals surface area (Å²) < 4.78 is 10.1. The first kappa shape index (κ1) is 15.0. The molecule has 100 valence electrons. The van der Waals surface area contributed by atoms with E-state index in [2.05, 4.69) is 15.9 Å². The highest BCUT2D eigenvalue weighted by Gasteiger charge is 2.14. The molecule has 1 aromatic carbocycles. The first-order valence-corrected chi connectivity index (χ1v) is 6.83. The van der Waals surface area contributed by atoms with Crippen molar-refractivity contribution in [2.24, 2.45) is 0 Å². The normalized spacial score (nSPS) is 10.2. The number of nitrogens with zero attached hydrogens (tertiary/aromatic N) is 1. The van der Waals surface area contributed by atoms with E-state index in [-0.39, 0.29) is 5.91 Å². The third-order valence-electron chi connectivity index (χ3n) is 2.54. The summed E-state index contributed by atoms with van der Waals surface area (Å²) in [7, 11) is 3.23. The van der Waals surface area contributed by atoms with E-state index in [0.29, 0.717) is 25.3 Å². The number of ether oxygens (including phenoxy) is 2. The maximum Gasteiger partial charge on any atom is 0.253 e. The molecule has 0 unspecified atom stereocenters. The topological polar surface area (TPSA) is 38.8 Å². The second-order valence-corrected chi connectivity index (χ2v) is 4.50. The fraction of sp³-hybridized carbons (Fsp3) is 0.462. The Balaban J connectivity index is 2.73. The highest BCUT2D eigenvalue weighted by Crippen LogP contribution is 2.13. The van der Waals surface area contributed by atoms with Crippen LogP contribution in [0.3, 0.4) is 0 Å². The van der Waals surface area contributed by atoms with Crippen LogP contribution in [0.2, 0.25) is 0 Å². The van der Waals surface area contributed by atoms with Crippen LogP contribution in [0.1, 0.15) is 10.4 Å². The molecule has 0 fully saturated rings. The van der Waals surface area contributed by atoms with Crippen molar-refractivity contribution >= 4 is 21.8 Å². The number of carbonyl (C=O) groups is 1. The summed E-state index contributed by atoms with van der Waals surface area (Å²) in [6.45, 7) is 1.79. The Morgan fingerprint density at radius 2 is 1.89 bits per heavy atom. The molecule has 1 amide bonds. The predicted octanol–water partition coefficient (Wildman–Crippen LogP) is 2.18. The van der Waals surface area contributed by atoms with E-state index in [1.165, 1.54) is 0 Å². The lowest BCUT2D eigenvalue weighted by atomic mass is 10.2. The Hall–Kier alpha value is -1.07. The van der Waals surface area contributed by atoms with E-state index >= 15 is 0 Å². The molecular formula is C13H18BrNO3. The molecule has 0 saturated heterocycles. The van der Waals surface area contributed by atoms with Gasteiger partial charge in [0.1, 0.15) is 5.75 Å². The highest BCUT2D eigenvalue weighted by molar-refractivity contribution is 9.09. The number of hydrogen-bond donors (Lipinski definition) is 0. The van der Waals surface area contributed by atoms with Crippen LogP contribution in [-0.2, 0) is 4.74 Å². The Morgan fingerprint density at radius 1 is 1.22 bits per heavy atom. The molecule has 0 N–H and O–H groups in total. The number of hydrogen-bond acceptors (Lipinski definition) is 3. The summed E-state index contributed by atoms with van der Waals surface area (Å²) in [5.74, 6) is 0.754. The van der Waals surface area contributed by atoms with Crippen molar-refractivity contribution in [2.75, 3.05) is 39.2 Å². The van der Waals surface area contributed by atoms with Gasteiger partial charge < -0.3 is 14.4 Å². The van der Waals surface area contributed by atoms with Gasteiger partial charge in [0.2, 0.25) is 0 Å². The highest BCUT2D eigenvalue weighted by atomic mass is 79.9. The largest absolute Gasteiger partial charge is 0.497 e. The number of rotatable bonds is 7. The van der Waals surface area contributed by atoms with Crippen molar-refractivity contribution in [3.63, 3.8) is 0 Å². The lowest BCUT2D eigenvalue weighted by Crippen LogP contribution is -2.35. The first-order valence-electron chi connectivity index (χ1n) is 5.71. The maximum atomic E-state index is 12.2. The molecule has 4 nitrogen and oxygen atoms in total. The molecule has 18 heavy (non-hydrogen) atoms. The van der Waals surface area contributed by atoms with Gasteiger partial charge in [0.15, 0.2) is 0 Å². The molecule has 0 saturated carbocycles. The minimum Gasteiger partial charge on any atom is -0.497 e. The van der Waals surface area contributed by atoms with Gasteiger partial charge in [-0.2, -0.15) is 0 Å². The lowest BCUT2D eigenvalue weighted by Gasteiger charge is -2.21. The van der Waals surface area contributed by atoms with Crippen molar-refractivity contribution in [3.8, 4) is 5.75 Å². The quantitative estimate of drug-likeness (QED) is 0.724. The number of halogens is 1. The smallest absolute Gasteiger partial charge is 0.253 e. The monoisotopic (exact) mass is 315 g/mol. The summed E-state index contributed by atoms with van der Waals surface area (Å²) in [5.41, 5.74) is 0.660. The van der Waals surface area contributed by atoms with Crippen LogP contribution < -0.4 is 4.74 Å². The van der Waals surface area contributed by atoms with Crippen LogP contribution in [0.25, 0.3) is 0 Å². The Labute approximate surface area is 116 Å². The molecule has 0 heterocycles. The number of amides is 1. The molecule has 1 aromatic rings. The third kappa shape index (κ3) is 4.31. The SMILES string of the molecule is COCCN(CCBr)C(=O)c1ccc(OC)cc1. The second-order valence-electron chi connectivity index (χ2n) is 3.70. The Kier molecular flexibility index (Phi) is 6.75. The summed E-state index contributed by atoms with van der Waals surface area (Å²) >= 11 is 3.35. The van der Waals surface area contributed by atoms with Crippen LogP contribution in [0.5, 0.6) is 5.75 Å². The molecular weight excluding hydrogens is 298 g/mol. The van der Waals surface area contributed by atoms with Gasteiger partial charge in [-0.25, -0.2) is 0 Å². The zero-order chi connectivity index (χ0) is 13.4. The molecule has 0 bridgehead atoms. The van der Waals surface area contributed by atoms with E-state index < -0.39 is 0 Å². The minimum absolute atomic E-state index is 0.00848. The summed E-state index contributed by atoms with van der Waals surface area (Å²) in [4.78, 5) is 14.0. The van der Waals surface area contributed by atoms with E-state index in [1.54, 1.807) is 43.4 Å². The standard InChI is InChI=1S/C13H18BrNO3/c1-17-10-9-15(8-7-14)13(16)11-3-5-12(18-2)6-4-11/h3-6H,7-10H2,1-2H3. The third-order valence-corrected chi connectivity index (χ3v) is 2.90. The molecule has 0 atom stereocenters. The Morgan fingerprint density at radius 3 is 2.39 bits per heavy atom. The number of methoxy groups -OCH3 is 2. The summed E-state index contributed by atoms with van der Waals surface area (Å²) in [6.07, 6.45) is 0. The van der Waals surface area contributed by atoms with E-state index in [4.69, 9.17) is 9.47 Å². The lowest BCUT2D eigenvalue weighted by molar-refractivity contribution is 0.0709. The van der Waals surface area contributed by atoms with Gasteiger partial charge in [0.05, 0.1) is 13.7 Å². The average molecular weight is 316 g/mol. The predicted molar refractivity (Wildman–Crippen MR) is 74.6 cm³/mol.